The van der Waals surface area contributed by atoms with Crippen molar-refractivity contribution in [2.75, 3.05) is 20.3 Å². The van der Waals surface area contributed by atoms with Crippen LogP contribution in [0.4, 0.5) is 0 Å². The van der Waals surface area contributed by atoms with Crippen LogP contribution in [0.2, 0.25) is 0 Å². The van der Waals surface area contributed by atoms with Crippen molar-refractivity contribution in [3.63, 3.8) is 0 Å². The molecule has 4 N–H and O–H groups in total. The topological polar surface area (TPSA) is 175 Å². The van der Waals surface area contributed by atoms with Gasteiger partial charge in [-0.1, -0.05) is 68.4 Å². The van der Waals surface area contributed by atoms with E-state index in [2.05, 4.69) is 4.99 Å². The normalized spacial score (nSPS) is 18.6. The number of fused-ring (bicyclic) bond motifs is 2. The highest BCUT2D eigenvalue weighted by Gasteiger charge is 2.44. The number of nitrogens with zero attached hydrogens (tertiary/aromatic N) is 4. The molecule has 0 saturated carbocycles. The number of likely N-dealkylation sites (N-methyl/N-ethyl adjacent to an activating group) is 1. The third kappa shape index (κ3) is 9.16. The van der Waals surface area contributed by atoms with E-state index in [1.165, 1.54) is 11.2 Å². The Morgan fingerprint density at radius 1 is 0.926 bits per heavy atom. The van der Waals surface area contributed by atoms with Gasteiger partial charge in [0.2, 0.25) is 12.2 Å². The van der Waals surface area contributed by atoms with Crippen molar-refractivity contribution in [3.05, 3.63) is 95.3 Å². The molecule has 2 aliphatic heterocycles. The van der Waals surface area contributed by atoms with E-state index in [4.69, 9.17) is 20.9 Å². The lowest BCUT2D eigenvalue weighted by atomic mass is 10.0. The Morgan fingerprint density at radius 2 is 1.52 bits per heavy atom. The molecule has 54 heavy (non-hydrogen) atoms. The summed E-state index contributed by atoms with van der Waals surface area (Å²) in [6.07, 6.45) is 3.41. The van der Waals surface area contributed by atoms with Gasteiger partial charge in [0.25, 0.3) is 11.8 Å². The fourth-order valence-corrected chi connectivity index (χ4v) is 6.83. The first-order valence-electron chi connectivity index (χ1n) is 18.2. The van der Waals surface area contributed by atoms with Gasteiger partial charge >= 0.3 is 11.9 Å². The Morgan fingerprint density at radius 3 is 2.07 bits per heavy atom. The lowest BCUT2D eigenvalue weighted by molar-refractivity contribution is -0.728. The van der Waals surface area contributed by atoms with Crippen molar-refractivity contribution in [1.29, 1.82) is 0 Å². The van der Waals surface area contributed by atoms with Gasteiger partial charge in [0, 0.05) is 13.0 Å². The molecule has 5 rings (SSSR count). The quantitative estimate of drug-likeness (QED) is 0.122. The van der Waals surface area contributed by atoms with Crippen molar-refractivity contribution in [3.8, 4) is 0 Å². The number of hydrogen-bond donors (Lipinski definition) is 2. The molecular weight excluding hydrogens is 688 g/mol. The molecule has 4 amide bonds. The third-order valence-corrected chi connectivity index (χ3v) is 9.53. The summed E-state index contributed by atoms with van der Waals surface area (Å²) in [6.45, 7) is 9.17. The number of nitrogens with two attached hydrogens (primary N) is 2. The summed E-state index contributed by atoms with van der Waals surface area (Å²) in [7, 11) is 1.56. The number of imide groups is 1. The van der Waals surface area contributed by atoms with E-state index in [1.807, 2.05) is 68.4 Å². The second-order valence-corrected chi connectivity index (χ2v) is 15.5. The second kappa shape index (κ2) is 16.5. The summed E-state index contributed by atoms with van der Waals surface area (Å²) < 4.78 is 11.4. The summed E-state index contributed by atoms with van der Waals surface area (Å²) in [6, 6.07) is 17.4. The Balaban J connectivity index is 1.38. The number of carbonyl (C=O) groups is 5. The van der Waals surface area contributed by atoms with Crippen molar-refractivity contribution in [1.82, 2.24) is 9.80 Å². The number of ether oxygens (including phenoxy) is 2. The Labute approximate surface area is 316 Å². The lowest BCUT2D eigenvalue weighted by Crippen LogP contribution is -2.55. The molecule has 2 heterocycles. The number of carbonyl (C=O) groups excluding carboxylic acids is 5. The smallest absolute Gasteiger partial charge is 0.342 e. The molecule has 286 valence electrons. The SMILES string of the molecule is CC(C)C[C@H](N)C(=O)[N+]1(COCc2ccccc2)C=NC(C[C@@H](C(N)=O)N(C)[C@H](CCN2C(=O)c3cc4ccccc4cc3C2=O)C(=O)OC(C)(C)C)=C1. The Hall–Kier alpha value is -5.08. The van der Waals surface area contributed by atoms with Gasteiger partial charge in [0.15, 0.2) is 6.73 Å². The molecule has 1 unspecified atom stereocenters. The van der Waals surface area contributed by atoms with Crippen LogP contribution < -0.4 is 11.5 Å². The Kier molecular flexibility index (Phi) is 12.3. The van der Waals surface area contributed by atoms with E-state index < -0.39 is 51.9 Å². The van der Waals surface area contributed by atoms with Gasteiger partial charge in [-0.2, -0.15) is 4.48 Å². The van der Waals surface area contributed by atoms with Crippen LogP contribution in [0.5, 0.6) is 0 Å². The summed E-state index contributed by atoms with van der Waals surface area (Å²) in [5.74, 6) is -2.49. The summed E-state index contributed by atoms with van der Waals surface area (Å²) in [5.41, 5.74) is 13.4. The number of hydrogen-bond acceptors (Lipinski definition) is 10. The third-order valence-electron chi connectivity index (χ3n) is 9.53. The molecular formula is C41H51N6O7+. The minimum Gasteiger partial charge on any atom is -0.459 e. The van der Waals surface area contributed by atoms with Crippen molar-refractivity contribution < 1.29 is 37.9 Å². The van der Waals surface area contributed by atoms with E-state index in [9.17, 15) is 24.0 Å². The fraction of sp³-hybridized carbons (Fsp3) is 0.415. The zero-order chi connectivity index (χ0) is 39.4. The summed E-state index contributed by atoms with van der Waals surface area (Å²) >= 11 is 0. The highest BCUT2D eigenvalue weighted by molar-refractivity contribution is 6.23. The molecule has 0 bridgehead atoms. The predicted octanol–water partition coefficient (Wildman–Crippen LogP) is 4.49. The summed E-state index contributed by atoms with van der Waals surface area (Å²) in [5, 5.41) is 1.65. The van der Waals surface area contributed by atoms with Crippen molar-refractivity contribution >= 4 is 46.7 Å². The zero-order valence-electron chi connectivity index (χ0n) is 31.9. The first-order chi connectivity index (χ1) is 25.5. The molecule has 0 aromatic heterocycles. The molecule has 0 aliphatic carbocycles. The number of quaternary nitrogens is 1. The van der Waals surface area contributed by atoms with Gasteiger partial charge in [0.1, 0.15) is 29.6 Å². The van der Waals surface area contributed by atoms with E-state index in [0.717, 1.165) is 21.2 Å². The van der Waals surface area contributed by atoms with Gasteiger partial charge in [-0.15, -0.1) is 0 Å². The monoisotopic (exact) mass is 739 g/mol. The van der Waals surface area contributed by atoms with Crippen molar-refractivity contribution in [2.45, 2.75) is 84.2 Å². The number of esters is 1. The van der Waals surface area contributed by atoms with Crippen LogP contribution in [0.25, 0.3) is 10.8 Å². The van der Waals surface area contributed by atoms with Crippen LogP contribution in [-0.2, 0) is 30.5 Å². The average molecular weight is 740 g/mol. The van der Waals surface area contributed by atoms with E-state index in [1.54, 1.807) is 46.2 Å². The van der Waals surface area contributed by atoms with Crippen LogP contribution >= 0.6 is 0 Å². The maximum absolute atomic E-state index is 13.9. The number of rotatable bonds is 16. The van der Waals surface area contributed by atoms with Gasteiger partial charge in [-0.25, -0.2) is 9.79 Å². The number of primary amides is 1. The van der Waals surface area contributed by atoms with Crippen molar-refractivity contribution in [2.24, 2.45) is 22.4 Å². The van der Waals surface area contributed by atoms with E-state index >= 15 is 0 Å². The average Bonchev–Trinajstić information content (AvgIpc) is 3.63. The second-order valence-electron chi connectivity index (χ2n) is 15.5. The first-order valence-corrected chi connectivity index (χ1v) is 18.2. The molecule has 13 heteroatoms. The fourth-order valence-electron chi connectivity index (χ4n) is 6.83. The molecule has 3 aromatic carbocycles. The van der Waals surface area contributed by atoms with Crippen LogP contribution in [0.15, 0.2) is 83.6 Å². The standard InChI is InChI=1S/C41H50N6O7/c1-26(2)18-33(42)39(51)47(25-53-23-27-12-8-7-9-13-27)22-30(44-24-47)21-35(36(43)48)45(6)34(40(52)54-41(3,4)5)16-17-46-37(49)31-19-28-14-10-11-15-29(28)20-32(31)38(46)50/h7-15,19-20,22,24,26,33-35H,16-18,21,23,25,42H2,1-6H3,(H-,43,48)/p+1/t33-,34+,35-,47?/m0/s1. The highest BCUT2D eigenvalue weighted by atomic mass is 16.6. The van der Waals surface area contributed by atoms with Gasteiger partial charge < -0.3 is 20.9 Å². The van der Waals surface area contributed by atoms with Crippen LogP contribution in [0.3, 0.4) is 0 Å². The summed E-state index contributed by atoms with van der Waals surface area (Å²) in [4.78, 5) is 75.0. The van der Waals surface area contributed by atoms with Gasteiger partial charge in [0.05, 0.1) is 23.8 Å². The molecule has 13 nitrogen and oxygen atoms in total. The molecule has 0 fully saturated rings. The molecule has 0 radical (unpaired) electrons. The van der Waals surface area contributed by atoms with Crippen LogP contribution in [-0.4, -0.2) is 94.3 Å². The van der Waals surface area contributed by atoms with E-state index in [0.29, 0.717) is 23.2 Å². The molecule has 4 atom stereocenters. The lowest BCUT2D eigenvalue weighted by Gasteiger charge is -2.34. The number of aliphatic imine (C=N–C) groups is 1. The minimum absolute atomic E-state index is 0.0433. The van der Waals surface area contributed by atoms with Crippen LogP contribution in [0, 0.1) is 5.92 Å². The molecule has 2 aliphatic rings. The largest absolute Gasteiger partial charge is 0.459 e. The maximum Gasteiger partial charge on any atom is 0.342 e. The molecule has 3 aromatic rings. The van der Waals surface area contributed by atoms with Gasteiger partial charge in [-0.3, -0.25) is 29.0 Å². The highest BCUT2D eigenvalue weighted by Crippen LogP contribution is 2.30. The number of amides is 4. The van der Waals surface area contributed by atoms with Crippen LogP contribution in [0.1, 0.15) is 80.2 Å². The Bertz CT molecular complexity index is 1920. The predicted molar refractivity (Wildman–Crippen MR) is 204 cm³/mol. The molecule has 0 saturated heterocycles. The maximum atomic E-state index is 13.9. The molecule has 0 spiro atoms. The minimum atomic E-state index is -1.09. The van der Waals surface area contributed by atoms with E-state index in [-0.39, 0.29) is 44.5 Å². The number of benzene rings is 3. The first kappa shape index (κ1) is 40.1. The zero-order valence-corrected chi connectivity index (χ0v) is 31.9. The van der Waals surface area contributed by atoms with Gasteiger partial charge in [-0.05, 0) is 75.0 Å².